The maximum Gasteiger partial charge on any atom is 0.138 e. The van der Waals surface area contributed by atoms with Gasteiger partial charge in [0.15, 0.2) is 0 Å². The van der Waals surface area contributed by atoms with Gasteiger partial charge in [-0.15, -0.1) is 0 Å². The van der Waals surface area contributed by atoms with E-state index in [9.17, 15) is 0 Å². The molecule has 2 heterocycles. The molecular weight excluding hydrogens is 236 g/mol. The van der Waals surface area contributed by atoms with E-state index in [1.807, 2.05) is 24.4 Å². The number of nitrogens with zero attached hydrogens (tertiary/aromatic N) is 1. The Kier molecular flexibility index (Phi) is 3.94. The monoisotopic (exact) mass is 256 g/mol. The zero-order valence-corrected chi connectivity index (χ0v) is 11.1. The van der Waals surface area contributed by atoms with Crippen molar-refractivity contribution in [2.45, 2.75) is 19.3 Å². The summed E-state index contributed by atoms with van der Waals surface area (Å²) in [6.45, 7) is 3.09. The van der Waals surface area contributed by atoms with E-state index in [1.165, 1.54) is 19.4 Å². The summed E-state index contributed by atoms with van der Waals surface area (Å²) < 4.78 is 5.83. The van der Waals surface area contributed by atoms with Crippen molar-refractivity contribution < 1.29 is 4.74 Å². The van der Waals surface area contributed by atoms with Crippen LogP contribution in [0.4, 0.5) is 0 Å². The first-order valence-electron chi connectivity index (χ1n) is 7.10. The lowest BCUT2D eigenvalue weighted by atomic mass is 9.97. The third-order valence-corrected chi connectivity index (χ3v) is 3.76. The molecule has 0 amide bonds. The molecule has 0 saturated carbocycles. The van der Waals surface area contributed by atoms with Gasteiger partial charge in [0.25, 0.3) is 0 Å². The van der Waals surface area contributed by atoms with E-state index >= 15 is 0 Å². The molecule has 100 valence electrons. The number of ether oxygens (including phenoxy) is 1. The minimum Gasteiger partial charge on any atom is -0.492 e. The van der Waals surface area contributed by atoms with Crippen LogP contribution in [-0.2, 0) is 0 Å². The SMILES string of the molecule is c1ccc2ncc(OCCC3CCCNC3)cc2c1. The molecule has 0 bridgehead atoms. The number of nitrogens with one attached hydrogen (secondary N) is 1. The van der Waals surface area contributed by atoms with Crippen LogP contribution >= 0.6 is 0 Å². The Morgan fingerprint density at radius 3 is 3.16 bits per heavy atom. The lowest BCUT2D eigenvalue weighted by Gasteiger charge is -2.22. The normalized spacial score (nSPS) is 19.5. The zero-order valence-electron chi connectivity index (χ0n) is 11.1. The average molecular weight is 256 g/mol. The topological polar surface area (TPSA) is 34.1 Å². The Balaban J connectivity index is 1.56. The van der Waals surface area contributed by atoms with Crippen molar-refractivity contribution >= 4 is 10.9 Å². The fraction of sp³-hybridized carbons (Fsp3) is 0.438. The number of pyridine rings is 1. The van der Waals surface area contributed by atoms with Crippen LogP contribution in [0.2, 0.25) is 0 Å². The second-order valence-electron chi connectivity index (χ2n) is 5.21. The molecule has 2 aromatic rings. The Bertz CT molecular complexity index is 535. The minimum atomic E-state index is 0.766. The van der Waals surface area contributed by atoms with E-state index in [-0.39, 0.29) is 0 Å². The molecular formula is C16H20N2O. The molecule has 0 radical (unpaired) electrons. The summed E-state index contributed by atoms with van der Waals surface area (Å²) in [6, 6.07) is 10.2. The molecule has 1 fully saturated rings. The first kappa shape index (κ1) is 12.4. The van der Waals surface area contributed by atoms with Gasteiger partial charge in [-0.1, -0.05) is 18.2 Å². The first-order chi connectivity index (χ1) is 9.42. The van der Waals surface area contributed by atoms with E-state index in [1.54, 1.807) is 0 Å². The summed E-state index contributed by atoms with van der Waals surface area (Å²) in [5.41, 5.74) is 1.02. The minimum absolute atomic E-state index is 0.766. The van der Waals surface area contributed by atoms with E-state index in [0.717, 1.165) is 42.1 Å². The summed E-state index contributed by atoms with van der Waals surface area (Å²) in [4.78, 5) is 4.41. The van der Waals surface area contributed by atoms with Crippen molar-refractivity contribution in [3.63, 3.8) is 0 Å². The van der Waals surface area contributed by atoms with Crippen LogP contribution in [0.3, 0.4) is 0 Å². The van der Waals surface area contributed by atoms with Crippen molar-refractivity contribution in [3.05, 3.63) is 36.5 Å². The molecule has 1 aromatic heterocycles. The van der Waals surface area contributed by atoms with Gasteiger partial charge in [-0.05, 0) is 50.4 Å². The van der Waals surface area contributed by atoms with Crippen molar-refractivity contribution in [1.82, 2.24) is 10.3 Å². The summed E-state index contributed by atoms with van der Waals surface area (Å²) in [6.07, 6.45) is 5.57. The van der Waals surface area contributed by atoms with Crippen LogP contribution in [0.25, 0.3) is 10.9 Å². The number of benzene rings is 1. The molecule has 1 aliphatic rings. The maximum absolute atomic E-state index is 5.83. The molecule has 1 aliphatic heterocycles. The third-order valence-electron chi connectivity index (χ3n) is 3.76. The molecule has 3 rings (SSSR count). The highest BCUT2D eigenvalue weighted by atomic mass is 16.5. The van der Waals surface area contributed by atoms with Gasteiger partial charge < -0.3 is 10.1 Å². The number of aromatic nitrogens is 1. The van der Waals surface area contributed by atoms with Crippen LogP contribution in [0, 0.1) is 5.92 Å². The van der Waals surface area contributed by atoms with Gasteiger partial charge in [-0.2, -0.15) is 0 Å². The highest BCUT2D eigenvalue weighted by molar-refractivity contribution is 5.79. The van der Waals surface area contributed by atoms with Gasteiger partial charge in [0.2, 0.25) is 0 Å². The Labute approximate surface area is 114 Å². The van der Waals surface area contributed by atoms with Gasteiger partial charge >= 0.3 is 0 Å². The highest BCUT2D eigenvalue weighted by Crippen LogP contribution is 2.19. The van der Waals surface area contributed by atoms with E-state index < -0.39 is 0 Å². The first-order valence-corrected chi connectivity index (χ1v) is 7.10. The summed E-state index contributed by atoms with van der Waals surface area (Å²) in [5, 5.41) is 4.58. The standard InChI is InChI=1S/C16H20N2O/c1-2-6-16-14(5-1)10-15(12-18-16)19-9-7-13-4-3-8-17-11-13/h1-2,5-6,10,12-13,17H,3-4,7-9,11H2. The molecule has 1 aromatic carbocycles. The molecule has 0 spiro atoms. The quantitative estimate of drug-likeness (QED) is 0.913. The number of rotatable bonds is 4. The van der Waals surface area contributed by atoms with E-state index in [0.29, 0.717) is 0 Å². The van der Waals surface area contributed by atoms with Crippen LogP contribution in [0.5, 0.6) is 5.75 Å². The van der Waals surface area contributed by atoms with Crippen molar-refractivity contribution in [2.75, 3.05) is 19.7 Å². The molecule has 3 heteroatoms. The fourth-order valence-electron chi connectivity index (χ4n) is 2.64. The lowest BCUT2D eigenvalue weighted by molar-refractivity contribution is 0.254. The molecule has 1 N–H and O–H groups in total. The van der Waals surface area contributed by atoms with Crippen LogP contribution in [0.1, 0.15) is 19.3 Å². The Hall–Kier alpha value is -1.61. The van der Waals surface area contributed by atoms with Crippen molar-refractivity contribution in [2.24, 2.45) is 5.92 Å². The summed E-state index contributed by atoms with van der Waals surface area (Å²) in [5.74, 6) is 1.64. The zero-order chi connectivity index (χ0) is 12.9. The molecule has 1 atom stereocenters. The molecule has 1 unspecified atom stereocenters. The van der Waals surface area contributed by atoms with Gasteiger partial charge in [0, 0.05) is 5.39 Å². The largest absolute Gasteiger partial charge is 0.492 e. The van der Waals surface area contributed by atoms with Crippen molar-refractivity contribution in [3.8, 4) is 5.75 Å². The maximum atomic E-state index is 5.83. The van der Waals surface area contributed by atoms with Crippen LogP contribution in [-0.4, -0.2) is 24.7 Å². The molecule has 0 aliphatic carbocycles. The smallest absolute Gasteiger partial charge is 0.138 e. The number of para-hydroxylation sites is 1. The number of hydrogen-bond donors (Lipinski definition) is 1. The van der Waals surface area contributed by atoms with Crippen LogP contribution in [0.15, 0.2) is 36.5 Å². The van der Waals surface area contributed by atoms with E-state index in [2.05, 4.69) is 22.4 Å². The lowest BCUT2D eigenvalue weighted by Crippen LogP contribution is -2.30. The van der Waals surface area contributed by atoms with Crippen molar-refractivity contribution in [1.29, 1.82) is 0 Å². The summed E-state index contributed by atoms with van der Waals surface area (Å²) in [7, 11) is 0. The van der Waals surface area contributed by atoms with Gasteiger partial charge in [0.1, 0.15) is 5.75 Å². The van der Waals surface area contributed by atoms with Gasteiger partial charge in [-0.3, -0.25) is 4.98 Å². The van der Waals surface area contributed by atoms with Gasteiger partial charge in [0.05, 0.1) is 18.3 Å². The highest BCUT2D eigenvalue weighted by Gasteiger charge is 2.12. The Morgan fingerprint density at radius 1 is 1.32 bits per heavy atom. The number of fused-ring (bicyclic) bond motifs is 1. The molecule has 19 heavy (non-hydrogen) atoms. The van der Waals surface area contributed by atoms with Crippen LogP contribution < -0.4 is 10.1 Å². The third kappa shape index (κ3) is 3.24. The van der Waals surface area contributed by atoms with Gasteiger partial charge in [-0.25, -0.2) is 0 Å². The predicted molar refractivity (Wildman–Crippen MR) is 77.4 cm³/mol. The number of hydrogen-bond acceptors (Lipinski definition) is 3. The Morgan fingerprint density at radius 2 is 2.26 bits per heavy atom. The summed E-state index contributed by atoms with van der Waals surface area (Å²) >= 11 is 0. The molecule has 3 nitrogen and oxygen atoms in total. The second kappa shape index (κ2) is 6.02. The van der Waals surface area contributed by atoms with E-state index in [4.69, 9.17) is 4.74 Å². The average Bonchev–Trinajstić information content (AvgIpc) is 2.48. The predicted octanol–water partition coefficient (Wildman–Crippen LogP) is 3.00. The fourth-order valence-corrected chi connectivity index (χ4v) is 2.64. The number of piperidine rings is 1. The molecule has 1 saturated heterocycles. The second-order valence-corrected chi connectivity index (χ2v) is 5.21.